The first-order chi connectivity index (χ1) is 20.4. The minimum Gasteiger partial charge on any atom is -0.494 e. The van der Waals surface area contributed by atoms with Gasteiger partial charge in [-0.15, -0.1) is 0 Å². The van der Waals surface area contributed by atoms with Gasteiger partial charge < -0.3 is 9.47 Å². The van der Waals surface area contributed by atoms with Crippen LogP contribution in [0.2, 0.25) is 0 Å². The number of azo groups is 1. The average Bonchev–Trinajstić information content (AvgIpc) is 3.01. The van der Waals surface area contributed by atoms with Crippen molar-refractivity contribution in [2.24, 2.45) is 10.2 Å². The van der Waals surface area contributed by atoms with Gasteiger partial charge in [-0.05, 0) is 61.4 Å². The number of halogens is 4. The quantitative estimate of drug-likeness (QED) is 0.0554. The molecule has 224 valence electrons. The van der Waals surface area contributed by atoms with Gasteiger partial charge in [0.05, 0.1) is 24.6 Å². The van der Waals surface area contributed by atoms with Crippen LogP contribution in [-0.4, -0.2) is 13.2 Å². The zero-order valence-corrected chi connectivity index (χ0v) is 24.3. The molecule has 0 aliphatic heterocycles. The van der Waals surface area contributed by atoms with Crippen molar-refractivity contribution >= 4 is 11.4 Å². The highest BCUT2D eigenvalue weighted by atomic mass is 19.2. The molecule has 0 amide bonds. The second-order valence-electron chi connectivity index (χ2n) is 9.98. The number of rotatable bonds is 16. The van der Waals surface area contributed by atoms with Gasteiger partial charge in [-0.25, -0.2) is 8.78 Å². The Balaban J connectivity index is 1.57. The van der Waals surface area contributed by atoms with Crippen molar-refractivity contribution in [3.05, 3.63) is 82.9 Å². The molecule has 0 aliphatic rings. The third kappa shape index (κ3) is 10.2. The Labute approximate surface area is 246 Å². The predicted octanol–water partition coefficient (Wildman–Crippen LogP) is 10.8. The fourth-order valence-electron chi connectivity index (χ4n) is 4.06. The fourth-order valence-corrected chi connectivity index (χ4v) is 4.06. The number of benzene rings is 3. The molecule has 3 aromatic carbocycles. The molecule has 0 aromatic heterocycles. The van der Waals surface area contributed by atoms with Crippen LogP contribution in [0.3, 0.4) is 0 Å². The van der Waals surface area contributed by atoms with Crippen LogP contribution in [0.5, 0.6) is 11.5 Å². The minimum absolute atomic E-state index is 0.0326. The van der Waals surface area contributed by atoms with Gasteiger partial charge in [-0.3, -0.25) is 0 Å². The standard InChI is InChI=1S/C34H38F4N2O2/c1-3-5-7-8-9-10-11-12-24-42-34-32(37)30(35)29(31(36)33(34)38)22-15-25-13-16-26(17-14-25)39-40-27-18-20-28(21-19-27)41-23-6-4-2/h13-14,16-21H,3-12,23-24H2,1-2H3. The summed E-state index contributed by atoms with van der Waals surface area (Å²) in [6.45, 7) is 4.88. The lowest BCUT2D eigenvalue weighted by Crippen LogP contribution is -2.08. The van der Waals surface area contributed by atoms with Crippen molar-refractivity contribution in [3.63, 3.8) is 0 Å². The summed E-state index contributed by atoms with van der Waals surface area (Å²) in [5, 5.41) is 8.34. The fraction of sp³-hybridized carbons (Fsp3) is 0.412. The van der Waals surface area contributed by atoms with Crippen molar-refractivity contribution < 1.29 is 27.0 Å². The Morgan fingerprint density at radius 3 is 1.62 bits per heavy atom. The average molecular weight is 583 g/mol. The summed E-state index contributed by atoms with van der Waals surface area (Å²) in [6.07, 6.45) is 10.2. The first-order valence-electron chi connectivity index (χ1n) is 14.7. The largest absolute Gasteiger partial charge is 0.494 e. The molecule has 0 saturated heterocycles. The van der Waals surface area contributed by atoms with E-state index in [4.69, 9.17) is 9.47 Å². The summed E-state index contributed by atoms with van der Waals surface area (Å²) in [6, 6.07) is 13.6. The molecule has 0 radical (unpaired) electrons. The monoisotopic (exact) mass is 582 g/mol. The summed E-state index contributed by atoms with van der Waals surface area (Å²) in [5.41, 5.74) is 0.547. The molecule has 0 bridgehead atoms. The predicted molar refractivity (Wildman–Crippen MR) is 158 cm³/mol. The molecular weight excluding hydrogens is 544 g/mol. The third-order valence-corrected chi connectivity index (χ3v) is 6.55. The van der Waals surface area contributed by atoms with Crippen molar-refractivity contribution in [3.8, 4) is 23.3 Å². The van der Waals surface area contributed by atoms with E-state index in [0.29, 0.717) is 30.0 Å². The smallest absolute Gasteiger partial charge is 0.205 e. The Kier molecular flexibility index (Phi) is 13.9. The maximum Gasteiger partial charge on any atom is 0.205 e. The van der Waals surface area contributed by atoms with Crippen molar-refractivity contribution in [1.82, 2.24) is 0 Å². The molecule has 3 aromatic rings. The van der Waals surface area contributed by atoms with Crippen LogP contribution in [-0.2, 0) is 0 Å². The second-order valence-corrected chi connectivity index (χ2v) is 9.98. The SMILES string of the molecule is CCCCCCCCCCOc1c(F)c(F)c(C#Cc2ccc(N=Nc3ccc(OCCCC)cc3)cc2)c(F)c1F. The van der Waals surface area contributed by atoms with Gasteiger partial charge in [0.25, 0.3) is 0 Å². The molecule has 0 fully saturated rings. The Morgan fingerprint density at radius 2 is 1.05 bits per heavy atom. The number of hydrogen-bond donors (Lipinski definition) is 0. The van der Waals surface area contributed by atoms with Gasteiger partial charge in [0.15, 0.2) is 17.4 Å². The van der Waals surface area contributed by atoms with E-state index >= 15 is 0 Å². The molecule has 0 heterocycles. The van der Waals surface area contributed by atoms with Crippen LogP contribution in [0.25, 0.3) is 0 Å². The molecule has 42 heavy (non-hydrogen) atoms. The molecule has 3 rings (SSSR count). The van der Waals surface area contributed by atoms with Crippen LogP contribution in [0, 0.1) is 35.1 Å². The van der Waals surface area contributed by atoms with E-state index < -0.39 is 34.6 Å². The van der Waals surface area contributed by atoms with Crippen LogP contribution in [0.1, 0.15) is 89.2 Å². The summed E-state index contributed by atoms with van der Waals surface area (Å²) in [7, 11) is 0. The molecule has 0 atom stereocenters. The van der Waals surface area contributed by atoms with Gasteiger partial charge in [0.1, 0.15) is 11.3 Å². The van der Waals surface area contributed by atoms with Gasteiger partial charge in [0.2, 0.25) is 11.6 Å². The van der Waals surface area contributed by atoms with E-state index in [1.54, 1.807) is 36.4 Å². The number of ether oxygens (including phenoxy) is 2. The van der Waals surface area contributed by atoms with E-state index in [0.717, 1.165) is 44.3 Å². The van der Waals surface area contributed by atoms with Crippen LogP contribution in [0.4, 0.5) is 28.9 Å². The second kappa shape index (κ2) is 17.8. The maximum absolute atomic E-state index is 14.6. The van der Waals surface area contributed by atoms with Crippen LogP contribution >= 0.6 is 0 Å². The third-order valence-electron chi connectivity index (χ3n) is 6.55. The van der Waals surface area contributed by atoms with Gasteiger partial charge in [-0.1, -0.05) is 77.1 Å². The Hall–Kier alpha value is -3.86. The number of hydrogen-bond acceptors (Lipinski definition) is 4. The van der Waals surface area contributed by atoms with Gasteiger partial charge in [0, 0.05) is 5.56 Å². The summed E-state index contributed by atoms with van der Waals surface area (Å²) < 4.78 is 69.0. The zero-order valence-electron chi connectivity index (χ0n) is 24.3. The lowest BCUT2D eigenvalue weighted by atomic mass is 10.1. The molecular formula is C34H38F4N2O2. The van der Waals surface area contributed by atoms with Gasteiger partial charge in [-0.2, -0.15) is 19.0 Å². The van der Waals surface area contributed by atoms with Crippen molar-refractivity contribution in [2.75, 3.05) is 13.2 Å². The molecule has 8 heteroatoms. The Bertz CT molecular complexity index is 1320. The highest BCUT2D eigenvalue weighted by Gasteiger charge is 2.26. The zero-order chi connectivity index (χ0) is 30.2. The van der Waals surface area contributed by atoms with Crippen molar-refractivity contribution in [2.45, 2.75) is 78.1 Å². The highest BCUT2D eigenvalue weighted by Crippen LogP contribution is 2.30. The van der Waals surface area contributed by atoms with Gasteiger partial charge >= 0.3 is 0 Å². The molecule has 4 nitrogen and oxygen atoms in total. The lowest BCUT2D eigenvalue weighted by molar-refractivity contribution is 0.263. The van der Waals surface area contributed by atoms with Crippen LogP contribution < -0.4 is 9.47 Å². The molecule has 0 saturated carbocycles. The van der Waals surface area contributed by atoms with Crippen molar-refractivity contribution in [1.29, 1.82) is 0 Å². The normalized spacial score (nSPS) is 11.0. The number of unbranched alkanes of at least 4 members (excludes halogenated alkanes) is 8. The van der Waals surface area contributed by atoms with E-state index in [-0.39, 0.29) is 6.61 Å². The lowest BCUT2D eigenvalue weighted by Gasteiger charge is -2.11. The summed E-state index contributed by atoms with van der Waals surface area (Å²) in [4.78, 5) is 0. The van der Waals surface area contributed by atoms with E-state index in [9.17, 15) is 17.6 Å². The minimum atomic E-state index is -1.59. The molecule has 0 N–H and O–H groups in total. The van der Waals surface area contributed by atoms with E-state index in [2.05, 4.69) is 35.9 Å². The topological polar surface area (TPSA) is 43.2 Å². The molecule has 0 unspecified atom stereocenters. The van der Waals surface area contributed by atoms with Crippen LogP contribution in [0.15, 0.2) is 58.8 Å². The molecule has 0 aliphatic carbocycles. The van der Waals surface area contributed by atoms with E-state index in [1.807, 2.05) is 12.1 Å². The first-order valence-corrected chi connectivity index (χ1v) is 14.7. The molecule has 0 spiro atoms. The summed E-state index contributed by atoms with van der Waals surface area (Å²) >= 11 is 0. The highest BCUT2D eigenvalue weighted by molar-refractivity contribution is 5.50. The first kappa shape index (κ1) is 32.7. The Morgan fingerprint density at radius 1 is 0.548 bits per heavy atom. The maximum atomic E-state index is 14.6. The number of nitrogens with zero attached hydrogens (tertiary/aromatic N) is 2. The van der Waals surface area contributed by atoms with E-state index in [1.165, 1.54) is 19.3 Å². The summed E-state index contributed by atoms with van der Waals surface area (Å²) in [5.74, 6) is -1.88.